The second kappa shape index (κ2) is 33.2. The molecule has 0 saturated carbocycles. The van der Waals surface area contributed by atoms with E-state index in [1.54, 1.807) is 44.9 Å². The van der Waals surface area contributed by atoms with Crippen molar-refractivity contribution < 1.29 is 67.1 Å². The van der Waals surface area contributed by atoms with Crippen LogP contribution in [0.1, 0.15) is 133 Å². The van der Waals surface area contributed by atoms with Gasteiger partial charge in [-0.3, -0.25) is 29.3 Å². The van der Waals surface area contributed by atoms with Crippen molar-refractivity contribution >= 4 is 85.9 Å². The number of fused-ring (bicyclic) bond motifs is 7. The highest BCUT2D eigenvalue weighted by Gasteiger charge is 2.64. The summed E-state index contributed by atoms with van der Waals surface area (Å²) in [5.41, 5.74) is 3.48. The number of nitrogens with one attached hydrogen (secondary N) is 1. The minimum atomic E-state index is -1.85. The van der Waals surface area contributed by atoms with E-state index < -0.39 is 65.7 Å². The quantitative estimate of drug-likeness (QED) is 0.0238. The first-order chi connectivity index (χ1) is 42.1. The zero-order chi connectivity index (χ0) is 63.5. The molecule has 1 unspecified atom stereocenters. The van der Waals surface area contributed by atoms with Gasteiger partial charge in [0.15, 0.2) is 5.72 Å². The van der Waals surface area contributed by atoms with Gasteiger partial charge in [-0.05, 0) is 101 Å². The topological polar surface area (TPSA) is 220 Å². The van der Waals surface area contributed by atoms with E-state index in [4.69, 9.17) is 40.0 Å². The van der Waals surface area contributed by atoms with Crippen molar-refractivity contribution in [2.24, 2.45) is 5.92 Å². The number of para-hydroxylation sites is 1. The van der Waals surface area contributed by atoms with Crippen molar-refractivity contribution in [3.8, 4) is 11.8 Å². The number of carbonyl (C=O) groups is 7. The number of aryl methyl sites for hydroxylation is 1. The van der Waals surface area contributed by atoms with Crippen LogP contribution >= 0.6 is 33.2 Å². The molecule has 4 bridgehead atoms. The molecule has 3 aromatic rings. The number of Topliss-reactive ketones (excluding diaryl/α,β-unsaturated/α-hetero) is 2. The van der Waals surface area contributed by atoms with Gasteiger partial charge in [-0.2, -0.15) is 0 Å². The first kappa shape index (κ1) is 69.5. The lowest BCUT2D eigenvalue weighted by Gasteiger charge is -2.42. The highest BCUT2D eigenvalue weighted by atomic mass is 35.5. The van der Waals surface area contributed by atoms with Crippen molar-refractivity contribution in [1.82, 2.24) is 10.2 Å². The maximum absolute atomic E-state index is 14.3. The molecular weight excluding hydrogens is 1180 g/mol. The zero-order valence-corrected chi connectivity index (χ0v) is 54.3. The van der Waals surface area contributed by atoms with Gasteiger partial charge >= 0.3 is 12.1 Å². The molecular formula is C67H85ClN4O14S2. The summed E-state index contributed by atoms with van der Waals surface area (Å²) < 4.78 is 35.3. The number of hydrogen-bond donors (Lipinski definition) is 2. The van der Waals surface area contributed by atoms with Crippen LogP contribution in [0.2, 0.25) is 5.02 Å². The summed E-state index contributed by atoms with van der Waals surface area (Å²) in [6, 6.07) is 18.3. The molecule has 2 N–H and O–H groups in total. The molecule has 7 rings (SSSR count). The predicted octanol–water partition coefficient (Wildman–Crippen LogP) is 10.2. The van der Waals surface area contributed by atoms with Gasteiger partial charge in [0, 0.05) is 108 Å². The van der Waals surface area contributed by atoms with Crippen molar-refractivity contribution in [3.63, 3.8) is 0 Å². The number of epoxide rings is 1. The van der Waals surface area contributed by atoms with Gasteiger partial charge in [0.2, 0.25) is 17.7 Å². The Morgan fingerprint density at radius 2 is 1.52 bits per heavy atom. The average molecular weight is 1270 g/mol. The number of allylic oxidation sites excluding steroid dienone is 3. The monoisotopic (exact) mass is 1270 g/mol. The van der Waals surface area contributed by atoms with Crippen molar-refractivity contribution in [2.45, 2.75) is 166 Å². The van der Waals surface area contributed by atoms with Crippen LogP contribution < -0.4 is 15.1 Å². The Balaban J connectivity index is 0.763. The maximum Gasteiger partial charge on any atom is 0.409 e. The Morgan fingerprint density at radius 3 is 2.27 bits per heavy atom. The molecule has 4 aliphatic rings. The van der Waals surface area contributed by atoms with E-state index >= 15 is 0 Å². The van der Waals surface area contributed by atoms with E-state index in [1.165, 1.54) is 45.5 Å². The van der Waals surface area contributed by atoms with E-state index in [2.05, 4.69) is 17.2 Å². The number of aliphatic hydroxyl groups is 1. The molecule has 8 atom stereocenters. The number of nitrogens with zero attached hydrogens (tertiary/aromatic N) is 3. The third-order valence-electron chi connectivity index (χ3n) is 16.6. The molecule has 0 aliphatic carbocycles. The lowest BCUT2D eigenvalue weighted by Crippen LogP contribution is -2.63. The minimum Gasteiger partial charge on any atom is -0.457 e. The van der Waals surface area contributed by atoms with Crippen LogP contribution in [0.25, 0.3) is 0 Å². The first-order valence-electron chi connectivity index (χ1n) is 30.3. The van der Waals surface area contributed by atoms with Gasteiger partial charge in [-0.25, -0.2) is 9.59 Å². The number of hydrogen-bond acceptors (Lipinski definition) is 16. The first-order valence-corrected chi connectivity index (χ1v) is 33.2. The van der Waals surface area contributed by atoms with Gasteiger partial charge in [-0.1, -0.05) is 112 Å². The van der Waals surface area contributed by atoms with Crippen LogP contribution in [-0.2, 0) is 70.2 Å². The van der Waals surface area contributed by atoms with Crippen molar-refractivity contribution in [1.29, 1.82) is 0 Å². The Labute approximate surface area is 530 Å². The number of methoxy groups -OCH3 is 1. The number of amides is 4. The van der Waals surface area contributed by atoms with Crippen molar-refractivity contribution in [2.75, 3.05) is 68.9 Å². The number of alkyl carbamates (subject to hydrolysis) is 1. The molecule has 4 aliphatic heterocycles. The summed E-state index contributed by atoms with van der Waals surface area (Å²) in [5.74, 6) is 5.69. The molecule has 476 valence electrons. The number of unbranched alkanes of at least 4 members (excludes halogenated alkanes) is 1. The van der Waals surface area contributed by atoms with E-state index in [9.17, 15) is 38.7 Å². The molecule has 21 heteroatoms. The summed E-state index contributed by atoms with van der Waals surface area (Å²) in [7, 11) is 7.53. The SMILES string of the molecule is CO[C@@H]1/C=C/C=C(\C)Cc2cc(C)c(Cl)c(c2)N(C)C(=O)CC(OC(=O)[C@H](C)N(C)C(=O)CCSSCCC(=O)CCCOCCOCCCCC(=O)CCCC(=O)N2Cc3ccccc3C#Cc3ccccc32)[C@]2(C)O[C@H]2[C@H](C)[C@@H]2C[C@@]1(O)NC(=O)O2. The second-order valence-corrected chi connectivity index (χ2v) is 26.4. The molecule has 4 amide bonds. The fourth-order valence-electron chi connectivity index (χ4n) is 11.1. The number of benzene rings is 3. The number of esters is 1. The molecule has 18 nitrogen and oxygen atoms in total. The molecule has 3 aromatic carbocycles. The standard InChI is InChI=1S/C67H85ClN4O14S2/c1-44-18-15-26-57(81-8)67(80)42-56(84-65(79)69-67)46(3)63-66(5,86-63)58(41-61(77)71(7)55-40-48(38-44)39-45(2)62(55)68)85-64(78)47(4)70(6)59(75)31-37-88-87-36-30-53(74)24-17-33-83-35-34-82-32-14-13-22-52(73)23-16-27-60(76)72-43-51-21-10-9-19-49(51)28-29-50-20-11-12-25-54(50)72/h9-12,15,18-21,25-26,39-40,46-47,56-58,63,80H,13-14,16-17,22-24,27,30-38,41-43H2,1-8H3,(H,69,79)/b26-15+,44-18+/t46-,47+,56+,57-,58?,63+,66+,67+/m1/s1. The van der Waals surface area contributed by atoms with Gasteiger partial charge in [0.05, 0.1) is 48.7 Å². The molecule has 0 spiro atoms. The fourth-order valence-corrected chi connectivity index (χ4v) is 13.3. The van der Waals surface area contributed by atoms with Crippen LogP contribution in [0, 0.1) is 24.7 Å². The summed E-state index contributed by atoms with van der Waals surface area (Å²) in [4.78, 5) is 98.1. The molecule has 88 heavy (non-hydrogen) atoms. The summed E-state index contributed by atoms with van der Waals surface area (Å²) in [5, 5.41) is 14.8. The number of likely N-dealkylation sites (N-methyl/N-ethyl adjacent to an activating group) is 1. The van der Waals surface area contributed by atoms with Crippen LogP contribution in [-0.4, -0.2) is 152 Å². The van der Waals surface area contributed by atoms with Crippen molar-refractivity contribution in [3.05, 3.63) is 117 Å². The lowest BCUT2D eigenvalue weighted by molar-refractivity contribution is -0.162. The van der Waals surface area contributed by atoms with E-state index in [-0.39, 0.29) is 49.1 Å². The van der Waals surface area contributed by atoms with E-state index in [0.29, 0.717) is 107 Å². The van der Waals surface area contributed by atoms with Crippen LogP contribution in [0.4, 0.5) is 16.2 Å². The Hall–Kier alpha value is -6.02. The van der Waals surface area contributed by atoms with Crippen LogP contribution in [0.15, 0.2) is 84.5 Å². The van der Waals surface area contributed by atoms with E-state index in [1.807, 2.05) is 80.6 Å². The normalized spacial score (nSPS) is 23.8. The number of carbonyl (C=O) groups excluding carboxylic acids is 7. The largest absolute Gasteiger partial charge is 0.457 e. The highest BCUT2D eigenvalue weighted by Crippen LogP contribution is 2.49. The number of halogens is 1. The number of ether oxygens (including phenoxy) is 6. The third-order valence-corrected chi connectivity index (χ3v) is 19.5. The summed E-state index contributed by atoms with van der Waals surface area (Å²) in [6.45, 7) is 11.1. The van der Waals surface area contributed by atoms with Gasteiger partial charge < -0.3 is 48.2 Å². The smallest absolute Gasteiger partial charge is 0.409 e. The lowest BCUT2D eigenvalue weighted by atomic mass is 9.83. The molecule has 0 aromatic heterocycles. The number of ketones is 2. The maximum atomic E-state index is 14.3. The summed E-state index contributed by atoms with van der Waals surface area (Å²) >= 11 is 6.84. The molecule has 4 heterocycles. The Kier molecular flexibility index (Phi) is 26.2. The molecule has 0 radical (unpaired) electrons. The minimum absolute atomic E-state index is 0.0274. The van der Waals surface area contributed by atoms with E-state index in [0.717, 1.165) is 45.5 Å². The Bertz CT molecular complexity index is 3110. The second-order valence-electron chi connectivity index (χ2n) is 23.3. The number of anilines is 2. The molecule has 2 fully saturated rings. The third kappa shape index (κ3) is 19.3. The molecule has 2 saturated heterocycles. The van der Waals surface area contributed by atoms with Crippen LogP contribution in [0.3, 0.4) is 0 Å². The summed E-state index contributed by atoms with van der Waals surface area (Å²) in [6.07, 6.45) is 5.40. The van der Waals surface area contributed by atoms with Gasteiger partial charge in [0.1, 0.15) is 41.5 Å². The zero-order valence-electron chi connectivity index (χ0n) is 51.9. The highest BCUT2D eigenvalue weighted by molar-refractivity contribution is 8.76. The van der Waals surface area contributed by atoms with Crippen LogP contribution in [0.5, 0.6) is 0 Å². The fraction of sp³-hybridized carbons (Fsp3) is 0.537. The Morgan fingerprint density at radius 1 is 0.864 bits per heavy atom. The average Bonchev–Trinajstić information content (AvgIpc) is 3.06. The number of rotatable bonds is 27. The van der Waals surface area contributed by atoms with Gasteiger partial charge in [0.25, 0.3) is 0 Å². The predicted molar refractivity (Wildman–Crippen MR) is 342 cm³/mol. The van der Waals surface area contributed by atoms with Gasteiger partial charge in [-0.15, -0.1) is 0 Å².